The number of carbonyl (C=O) groups is 1. The van der Waals surface area contributed by atoms with Crippen LogP contribution in [0.4, 0.5) is 0 Å². The van der Waals surface area contributed by atoms with Gasteiger partial charge in [0, 0.05) is 16.2 Å². The van der Waals surface area contributed by atoms with E-state index in [2.05, 4.69) is 21.2 Å². The third-order valence-electron chi connectivity index (χ3n) is 2.15. The second kappa shape index (κ2) is 6.93. The summed E-state index contributed by atoms with van der Waals surface area (Å²) in [5.74, 6) is -0.129. The maximum absolute atomic E-state index is 11.6. The number of thiocarbonyl (C=S) groups is 1. The lowest BCUT2D eigenvalue weighted by atomic mass is 10.1. The molecular weight excluding hydrogens is 318 g/mol. The molecule has 0 saturated carbocycles. The molecule has 0 bridgehead atoms. The van der Waals surface area contributed by atoms with Gasteiger partial charge in [-0.05, 0) is 36.3 Å². The molecule has 0 atom stereocenters. The fourth-order valence-corrected chi connectivity index (χ4v) is 2.43. The van der Waals surface area contributed by atoms with Gasteiger partial charge in [-0.25, -0.2) is 0 Å². The first-order valence-corrected chi connectivity index (χ1v) is 7.03. The van der Waals surface area contributed by atoms with E-state index >= 15 is 0 Å². The van der Waals surface area contributed by atoms with Crippen LogP contribution >= 0.6 is 39.9 Å². The first kappa shape index (κ1) is 14.4. The molecule has 0 saturated heterocycles. The minimum atomic E-state index is -0.129. The van der Waals surface area contributed by atoms with E-state index in [1.807, 2.05) is 31.2 Å². The molecule has 17 heavy (non-hydrogen) atoms. The van der Waals surface area contributed by atoms with E-state index in [-0.39, 0.29) is 5.91 Å². The number of carbonyl (C=O) groups excluding carboxylic acids is 1. The standard InChI is InChI=1S/C12H12BrNOS2/c1-8-3-4-10(13)5-9(8)6-11(17-7-16)12(15)14-2/h3-7H,1-2H3,(H,14,15)/b11-6-. The third-order valence-corrected chi connectivity index (χ3v) is 3.59. The summed E-state index contributed by atoms with van der Waals surface area (Å²) in [6, 6.07) is 5.94. The van der Waals surface area contributed by atoms with Crippen molar-refractivity contribution >= 4 is 56.6 Å². The van der Waals surface area contributed by atoms with Gasteiger partial charge in [-0.15, -0.1) is 0 Å². The Morgan fingerprint density at radius 1 is 1.53 bits per heavy atom. The minimum absolute atomic E-state index is 0.129. The summed E-state index contributed by atoms with van der Waals surface area (Å²) in [6.45, 7) is 2.00. The second-order valence-corrected chi connectivity index (χ2v) is 5.66. The molecule has 0 radical (unpaired) electrons. The van der Waals surface area contributed by atoms with Gasteiger partial charge in [-0.1, -0.05) is 46.0 Å². The fraction of sp³-hybridized carbons (Fsp3) is 0.167. The summed E-state index contributed by atoms with van der Waals surface area (Å²) in [7, 11) is 1.61. The first-order chi connectivity index (χ1) is 8.08. The molecule has 0 aromatic heterocycles. The van der Waals surface area contributed by atoms with Crippen molar-refractivity contribution in [2.24, 2.45) is 0 Å². The van der Waals surface area contributed by atoms with Gasteiger partial charge in [0.2, 0.25) is 0 Å². The van der Waals surface area contributed by atoms with E-state index in [1.54, 1.807) is 7.05 Å². The quantitative estimate of drug-likeness (QED) is 0.676. The van der Waals surface area contributed by atoms with Gasteiger partial charge in [0.05, 0.1) is 4.91 Å². The number of amides is 1. The molecule has 0 aliphatic carbocycles. The molecule has 0 aliphatic heterocycles. The fourth-order valence-electron chi connectivity index (χ4n) is 1.24. The van der Waals surface area contributed by atoms with Crippen molar-refractivity contribution in [3.8, 4) is 0 Å². The molecule has 2 nitrogen and oxygen atoms in total. The average Bonchev–Trinajstić information content (AvgIpc) is 2.32. The molecular formula is C12H12BrNOS2. The van der Waals surface area contributed by atoms with Gasteiger partial charge in [-0.2, -0.15) is 0 Å². The highest BCUT2D eigenvalue weighted by atomic mass is 79.9. The lowest BCUT2D eigenvalue weighted by Crippen LogP contribution is -2.18. The number of halogens is 1. The van der Waals surface area contributed by atoms with Gasteiger partial charge in [0.1, 0.15) is 0 Å². The van der Waals surface area contributed by atoms with Crippen molar-refractivity contribution in [2.45, 2.75) is 6.92 Å². The van der Waals surface area contributed by atoms with Crippen molar-refractivity contribution in [1.29, 1.82) is 0 Å². The van der Waals surface area contributed by atoms with E-state index in [0.717, 1.165) is 15.6 Å². The zero-order valence-corrected chi connectivity index (χ0v) is 12.7. The van der Waals surface area contributed by atoms with Gasteiger partial charge >= 0.3 is 0 Å². The predicted molar refractivity (Wildman–Crippen MR) is 82.2 cm³/mol. The Labute approximate surface area is 119 Å². The zero-order valence-electron chi connectivity index (χ0n) is 9.49. The summed E-state index contributed by atoms with van der Waals surface area (Å²) >= 11 is 9.43. The molecule has 90 valence electrons. The monoisotopic (exact) mass is 329 g/mol. The third kappa shape index (κ3) is 4.26. The van der Waals surface area contributed by atoms with Crippen LogP contribution in [0, 0.1) is 6.92 Å². The summed E-state index contributed by atoms with van der Waals surface area (Å²) in [5, 5.41) is 2.60. The van der Waals surface area contributed by atoms with E-state index in [0.29, 0.717) is 4.91 Å². The summed E-state index contributed by atoms with van der Waals surface area (Å²) in [6.07, 6.45) is 1.84. The maximum atomic E-state index is 11.6. The number of benzene rings is 1. The normalized spacial score (nSPS) is 11.1. The lowest BCUT2D eigenvalue weighted by molar-refractivity contribution is -0.116. The molecule has 5 heteroatoms. The average molecular weight is 330 g/mol. The van der Waals surface area contributed by atoms with Crippen LogP contribution in [0.2, 0.25) is 0 Å². The van der Waals surface area contributed by atoms with Crippen LogP contribution in [0.25, 0.3) is 6.08 Å². The first-order valence-electron chi connectivity index (χ1n) is 4.88. The molecule has 1 aromatic carbocycles. The molecule has 0 fully saturated rings. The Balaban J connectivity index is 3.15. The van der Waals surface area contributed by atoms with Crippen LogP contribution < -0.4 is 5.32 Å². The number of nitrogens with one attached hydrogen (secondary N) is 1. The Morgan fingerprint density at radius 3 is 2.82 bits per heavy atom. The van der Waals surface area contributed by atoms with Crippen molar-refractivity contribution < 1.29 is 4.79 Å². The SMILES string of the molecule is CNC(=O)/C(=C/c1cc(Br)ccc1C)SC=S. The summed E-state index contributed by atoms with van der Waals surface area (Å²) < 4.78 is 2.46. The lowest BCUT2D eigenvalue weighted by Gasteiger charge is -2.05. The maximum Gasteiger partial charge on any atom is 0.257 e. The summed E-state index contributed by atoms with van der Waals surface area (Å²) in [4.78, 5) is 12.2. The van der Waals surface area contributed by atoms with E-state index in [4.69, 9.17) is 12.2 Å². The van der Waals surface area contributed by atoms with Crippen molar-refractivity contribution in [2.75, 3.05) is 7.05 Å². The van der Waals surface area contributed by atoms with Crippen molar-refractivity contribution in [1.82, 2.24) is 5.32 Å². The van der Waals surface area contributed by atoms with E-state index in [1.165, 1.54) is 16.5 Å². The smallest absolute Gasteiger partial charge is 0.257 e. The van der Waals surface area contributed by atoms with Crippen LogP contribution in [-0.4, -0.2) is 17.7 Å². The number of aryl methyl sites for hydroxylation is 1. The predicted octanol–water partition coefficient (Wildman–Crippen LogP) is 3.53. The topological polar surface area (TPSA) is 29.1 Å². The largest absolute Gasteiger partial charge is 0.355 e. The Bertz CT molecular complexity index is 472. The van der Waals surface area contributed by atoms with Crippen LogP contribution in [0.15, 0.2) is 27.6 Å². The van der Waals surface area contributed by atoms with Crippen LogP contribution in [0.3, 0.4) is 0 Å². The van der Waals surface area contributed by atoms with Crippen molar-refractivity contribution in [3.05, 3.63) is 38.7 Å². The molecule has 0 spiro atoms. The van der Waals surface area contributed by atoms with E-state index in [9.17, 15) is 4.79 Å². The van der Waals surface area contributed by atoms with Gasteiger partial charge < -0.3 is 5.32 Å². The Kier molecular flexibility index (Phi) is 5.88. The molecule has 1 rings (SSSR count). The van der Waals surface area contributed by atoms with Crippen LogP contribution in [0.5, 0.6) is 0 Å². The number of hydrogen-bond donors (Lipinski definition) is 1. The number of hydrogen-bond acceptors (Lipinski definition) is 3. The Hall–Kier alpha value is -0.650. The van der Waals surface area contributed by atoms with Crippen LogP contribution in [0.1, 0.15) is 11.1 Å². The van der Waals surface area contributed by atoms with E-state index < -0.39 is 0 Å². The van der Waals surface area contributed by atoms with Gasteiger partial charge in [0.25, 0.3) is 5.91 Å². The highest BCUT2D eigenvalue weighted by Crippen LogP contribution is 2.22. The van der Waals surface area contributed by atoms with Gasteiger partial charge in [0.15, 0.2) is 0 Å². The second-order valence-electron chi connectivity index (χ2n) is 3.30. The number of rotatable bonds is 4. The molecule has 1 N–H and O–H groups in total. The molecule has 0 aliphatic rings. The van der Waals surface area contributed by atoms with Gasteiger partial charge in [-0.3, -0.25) is 4.79 Å². The minimum Gasteiger partial charge on any atom is -0.355 e. The Morgan fingerprint density at radius 2 is 2.24 bits per heavy atom. The highest BCUT2D eigenvalue weighted by Gasteiger charge is 2.08. The molecule has 0 heterocycles. The number of thioether (sulfide) groups is 1. The number of likely N-dealkylation sites (N-methyl/N-ethyl adjacent to an activating group) is 1. The molecule has 0 unspecified atom stereocenters. The van der Waals surface area contributed by atoms with Crippen LogP contribution in [-0.2, 0) is 4.79 Å². The molecule has 1 amide bonds. The zero-order chi connectivity index (χ0) is 12.8. The summed E-state index contributed by atoms with van der Waals surface area (Å²) in [5.41, 5.74) is 2.11. The highest BCUT2D eigenvalue weighted by molar-refractivity contribution is 9.10. The molecule has 1 aromatic rings. The van der Waals surface area contributed by atoms with Crippen molar-refractivity contribution in [3.63, 3.8) is 0 Å².